The number of carbonyl (C=O) groups excluding carboxylic acids is 1. The van der Waals surface area contributed by atoms with Gasteiger partial charge in [-0.1, -0.05) is 12.1 Å². The predicted molar refractivity (Wildman–Crippen MR) is 75.1 cm³/mol. The van der Waals surface area contributed by atoms with Crippen molar-refractivity contribution in [3.05, 3.63) is 29.8 Å². The van der Waals surface area contributed by atoms with Gasteiger partial charge in [-0.3, -0.25) is 0 Å². The Labute approximate surface area is 113 Å². The minimum atomic E-state index is -0.273. The number of anilines is 1. The van der Waals surface area contributed by atoms with Crippen LogP contribution in [0.3, 0.4) is 0 Å². The van der Waals surface area contributed by atoms with Gasteiger partial charge in [0.2, 0.25) is 0 Å². The van der Waals surface area contributed by atoms with Gasteiger partial charge in [0.05, 0.1) is 0 Å². The van der Waals surface area contributed by atoms with E-state index >= 15 is 0 Å². The first-order chi connectivity index (χ1) is 9.06. The maximum Gasteiger partial charge on any atom is 0.410 e. The van der Waals surface area contributed by atoms with Crippen molar-refractivity contribution in [2.45, 2.75) is 19.1 Å². The Morgan fingerprint density at radius 3 is 2.63 bits per heavy atom. The summed E-state index contributed by atoms with van der Waals surface area (Å²) in [4.78, 5) is 15.5. The van der Waals surface area contributed by atoms with Crippen molar-refractivity contribution < 1.29 is 9.53 Å². The summed E-state index contributed by atoms with van der Waals surface area (Å²) in [6.45, 7) is 1.59. The van der Waals surface area contributed by atoms with Crippen molar-refractivity contribution in [2.24, 2.45) is 5.73 Å². The van der Waals surface area contributed by atoms with Crippen molar-refractivity contribution in [1.82, 2.24) is 4.90 Å². The van der Waals surface area contributed by atoms with Crippen LogP contribution in [-0.4, -0.2) is 44.2 Å². The number of hydrogen-bond acceptors (Lipinski definition) is 4. The van der Waals surface area contributed by atoms with E-state index in [-0.39, 0.29) is 12.1 Å². The van der Waals surface area contributed by atoms with Gasteiger partial charge in [0.15, 0.2) is 0 Å². The molecule has 0 aliphatic carbocycles. The van der Waals surface area contributed by atoms with Gasteiger partial charge in [0, 0.05) is 38.9 Å². The Kier molecular flexibility index (Phi) is 4.27. The summed E-state index contributed by atoms with van der Waals surface area (Å²) >= 11 is 0. The van der Waals surface area contributed by atoms with E-state index in [2.05, 4.69) is 0 Å². The molecule has 0 radical (unpaired) electrons. The standard InChI is InChI=1S/C14H21N3O2/c1-16(2)13-5-3-11(4-6-13)10-19-14(18)17-8-7-12(15)9-17/h3-6,12H,7-10,15H2,1-2H3. The third kappa shape index (κ3) is 3.61. The topological polar surface area (TPSA) is 58.8 Å². The molecule has 1 saturated heterocycles. The van der Waals surface area contributed by atoms with Gasteiger partial charge in [-0.05, 0) is 24.1 Å². The highest BCUT2D eigenvalue weighted by atomic mass is 16.6. The van der Waals surface area contributed by atoms with E-state index in [1.54, 1.807) is 4.90 Å². The third-order valence-electron chi connectivity index (χ3n) is 3.30. The average Bonchev–Trinajstić information content (AvgIpc) is 2.83. The summed E-state index contributed by atoms with van der Waals surface area (Å²) in [6.07, 6.45) is 0.580. The number of nitrogens with zero attached hydrogens (tertiary/aromatic N) is 2. The minimum absolute atomic E-state index is 0.0897. The van der Waals surface area contributed by atoms with Crippen LogP contribution in [0.4, 0.5) is 10.5 Å². The molecule has 1 atom stereocenters. The maximum atomic E-state index is 11.8. The summed E-state index contributed by atoms with van der Waals surface area (Å²) in [5.74, 6) is 0. The van der Waals surface area contributed by atoms with Gasteiger partial charge in [-0.25, -0.2) is 4.79 Å². The first kappa shape index (κ1) is 13.7. The van der Waals surface area contributed by atoms with Gasteiger partial charge in [-0.15, -0.1) is 0 Å². The first-order valence-corrected chi connectivity index (χ1v) is 6.50. The van der Waals surface area contributed by atoms with E-state index in [0.29, 0.717) is 19.7 Å². The molecule has 1 unspecified atom stereocenters. The summed E-state index contributed by atoms with van der Waals surface area (Å²) in [5.41, 5.74) is 7.87. The number of likely N-dealkylation sites (tertiary alicyclic amines) is 1. The fraction of sp³-hybridized carbons (Fsp3) is 0.500. The van der Waals surface area contributed by atoms with E-state index in [4.69, 9.17) is 10.5 Å². The molecule has 2 rings (SSSR count). The number of hydrogen-bond donors (Lipinski definition) is 1. The molecule has 1 aliphatic rings. The zero-order valence-electron chi connectivity index (χ0n) is 11.5. The first-order valence-electron chi connectivity index (χ1n) is 6.50. The van der Waals surface area contributed by atoms with Crippen LogP contribution in [0, 0.1) is 0 Å². The molecule has 5 nitrogen and oxygen atoms in total. The zero-order chi connectivity index (χ0) is 13.8. The van der Waals surface area contributed by atoms with Crippen molar-refractivity contribution in [1.29, 1.82) is 0 Å². The van der Waals surface area contributed by atoms with Crippen molar-refractivity contribution in [2.75, 3.05) is 32.1 Å². The summed E-state index contributed by atoms with van der Waals surface area (Å²) in [7, 11) is 3.98. The Morgan fingerprint density at radius 2 is 2.11 bits per heavy atom. The number of ether oxygens (including phenoxy) is 1. The van der Waals surface area contributed by atoms with Crippen LogP contribution in [0.1, 0.15) is 12.0 Å². The van der Waals surface area contributed by atoms with Crippen LogP contribution in [-0.2, 0) is 11.3 Å². The zero-order valence-corrected chi connectivity index (χ0v) is 11.5. The molecule has 2 N–H and O–H groups in total. The van der Waals surface area contributed by atoms with Crippen molar-refractivity contribution in [3.63, 3.8) is 0 Å². The molecule has 1 fully saturated rings. The number of carbonyl (C=O) groups is 1. The number of rotatable bonds is 3. The normalized spacial score (nSPS) is 18.5. The van der Waals surface area contributed by atoms with Crippen LogP contribution in [0.15, 0.2) is 24.3 Å². The molecule has 5 heteroatoms. The number of benzene rings is 1. The van der Waals surface area contributed by atoms with Crippen LogP contribution in [0.2, 0.25) is 0 Å². The minimum Gasteiger partial charge on any atom is -0.445 e. The molecule has 1 heterocycles. The SMILES string of the molecule is CN(C)c1ccc(COC(=O)N2CCC(N)C2)cc1. The lowest BCUT2D eigenvalue weighted by molar-refractivity contribution is 0.104. The fourth-order valence-corrected chi connectivity index (χ4v) is 2.08. The van der Waals surface area contributed by atoms with E-state index in [1.807, 2.05) is 43.3 Å². The smallest absolute Gasteiger partial charge is 0.410 e. The molecule has 0 saturated carbocycles. The molecular formula is C14H21N3O2. The van der Waals surface area contributed by atoms with E-state index in [0.717, 1.165) is 17.7 Å². The Morgan fingerprint density at radius 1 is 1.42 bits per heavy atom. The van der Waals surface area contributed by atoms with Crippen LogP contribution in [0.5, 0.6) is 0 Å². The quantitative estimate of drug-likeness (QED) is 0.896. The van der Waals surface area contributed by atoms with Gasteiger partial charge < -0.3 is 20.3 Å². The maximum absolute atomic E-state index is 11.8. The van der Waals surface area contributed by atoms with E-state index in [1.165, 1.54) is 0 Å². The Bertz CT molecular complexity index is 431. The van der Waals surface area contributed by atoms with E-state index in [9.17, 15) is 4.79 Å². The second kappa shape index (κ2) is 5.93. The number of nitrogens with two attached hydrogens (primary N) is 1. The average molecular weight is 263 g/mol. The van der Waals surface area contributed by atoms with Gasteiger partial charge in [-0.2, -0.15) is 0 Å². The second-order valence-corrected chi connectivity index (χ2v) is 5.11. The number of amides is 1. The molecule has 19 heavy (non-hydrogen) atoms. The summed E-state index contributed by atoms with van der Waals surface area (Å²) in [5, 5.41) is 0. The summed E-state index contributed by atoms with van der Waals surface area (Å²) < 4.78 is 5.28. The molecule has 104 valence electrons. The predicted octanol–water partition coefficient (Wildman–Crippen LogP) is 1.42. The lowest BCUT2D eigenvalue weighted by Crippen LogP contribution is -2.32. The highest BCUT2D eigenvalue weighted by Crippen LogP contribution is 2.14. The highest BCUT2D eigenvalue weighted by molar-refractivity contribution is 5.68. The lowest BCUT2D eigenvalue weighted by atomic mass is 10.2. The Balaban J connectivity index is 1.83. The summed E-state index contributed by atoms with van der Waals surface area (Å²) in [6, 6.07) is 8.05. The molecule has 1 amide bonds. The van der Waals surface area contributed by atoms with Gasteiger partial charge in [0.25, 0.3) is 0 Å². The molecule has 0 aromatic heterocycles. The van der Waals surface area contributed by atoms with Crippen molar-refractivity contribution in [3.8, 4) is 0 Å². The highest BCUT2D eigenvalue weighted by Gasteiger charge is 2.24. The monoisotopic (exact) mass is 263 g/mol. The largest absolute Gasteiger partial charge is 0.445 e. The molecular weight excluding hydrogens is 242 g/mol. The third-order valence-corrected chi connectivity index (χ3v) is 3.30. The van der Waals surface area contributed by atoms with Crippen LogP contribution in [0.25, 0.3) is 0 Å². The van der Waals surface area contributed by atoms with Gasteiger partial charge in [0.1, 0.15) is 6.61 Å². The Hall–Kier alpha value is -1.75. The molecule has 0 spiro atoms. The van der Waals surface area contributed by atoms with Crippen LogP contribution < -0.4 is 10.6 Å². The fourth-order valence-electron chi connectivity index (χ4n) is 2.08. The van der Waals surface area contributed by atoms with E-state index < -0.39 is 0 Å². The molecule has 0 bridgehead atoms. The molecule has 1 aromatic rings. The van der Waals surface area contributed by atoms with Gasteiger partial charge >= 0.3 is 6.09 Å². The molecule has 1 aromatic carbocycles. The lowest BCUT2D eigenvalue weighted by Gasteiger charge is -2.16. The van der Waals surface area contributed by atoms with Crippen LogP contribution >= 0.6 is 0 Å². The van der Waals surface area contributed by atoms with Crippen molar-refractivity contribution >= 4 is 11.8 Å². The second-order valence-electron chi connectivity index (χ2n) is 5.11. The molecule has 1 aliphatic heterocycles.